The average Bonchev–Trinajstić information content (AvgIpc) is 2.54. The SMILES string of the molecule is CN1CCN(S(=O)(=O)c2ccc(C#N)nc2)c2cc(Cl)ccc21. The van der Waals surface area contributed by atoms with E-state index in [9.17, 15) is 8.42 Å². The second-order valence-corrected chi connectivity index (χ2v) is 7.42. The highest BCUT2D eigenvalue weighted by Crippen LogP contribution is 2.37. The molecule has 0 unspecified atom stereocenters. The van der Waals surface area contributed by atoms with E-state index >= 15 is 0 Å². The van der Waals surface area contributed by atoms with Gasteiger partial charge < -0.3 is 4.90 Å². The number of halogens is 1. The Hall–Kier alpha value is -2.30. The molecule has 0 bridgehead atoms. The fourth-order valence-corrected chi connectivity index (χ4v) is 4.05. The van der Waals surface area contributed by atoms with Gasteiger partial charge in [0.25, 0.3) is 10.0 Å². The van der Waals surface area contributed by atoms with E-state index in [-0.39, 0.29) is 10.6 Å². The van der Waals surface area contributed by atoms with Crippen LogP contribution in [0.15, 0.2) is 41.4 Å². The molecule has 0 radical (unpaired) electrons. The molecule has 1 aliphatic heterocycles. The Bertz CT molecular complexity index is 891. The molecule has 118 valence electrons. The highest BCUT2D eigenvalue weighted by Gasteiger charge is 2.31. The molecule has 3 rings (SSSR count). The van der Waals surface area contributed by atoms with Crippen molar-refractivity contribution in [2.45, 2.75) is 4.90 Å². The largest absolute Gasteiger partial charge is 0.371 e. The van der Waals surface area contributed by atoms with Crippen molar-refractivity contribution in [1.29, 1.82) is 5.26 Å². The molecule has 0 spiro atoms. The predicted octanol–water partition coefficient (Wildman–Crippen LogP) is 2.25. The standard InChI is InChI=1S/C15H13ClN4O2S/c1-19-6-7-20(15-8-11(16)2-5-14(15)19)23(21,22)13-4-3-12(9-17)18-10-13/h2-5,8,10H,6-7H2,1H3. The maximum absolute atomic E-state index is 12.9. The van der Waals surface area contributed by atoms with Gasteiger partial charge in [-0.15, -0.1) is 0 Å². The van der Waals surface area contributed by atoms with E-state index in [0.29, 0.717) is 23.8 Å². The molecule has 1 aliphatic rings. The number of pyridine rings is 1. The summed E-state index contributed by atoms with van der Waals surface area (Å²) in [6, 6.07) is 9.83. The summed E-state index contributed by atoms with van der Waals surface area (Å²) in [6.45, 7) is 0.879. The van der Waals surface area contributed by atoms with E-state index in [1.54, 1.807) is 18.2 Å². The Morgan fingerprint density at radius 1 is 1.22 bits per heavy atom. The van der Waals surface area contributed by atoms with Crippen LogP contribution in [0.3, 0.4) is 0 Å². The number of anilines is 2. The Morgan fingerprint density at radius 3 is 2.65 bits per heavy atom. The smallest absolute Gasteiger partial charge is 0.265 e. The second-order valence-electron chi connectivity index (χ2n) is 5.12. The van der Waals surface area contributed by atoms with Crippen molar-refractivity contribution in [3.63, 3.8) is 0 Å². The van der Waals surface area contributed by atoms with Gasteiger partial charge in [0.05, 0.1) is 17.9 Å². The van der Waals surface area contributed by atoms with Gasteiger partial charge in [-0.25, -0.2) is 13.4 Å². The summed E-state index contributed by atoms with van der Waals surface area (Å²) < 4.78 is 27.1. The number of nitriles is 1. The lowest BCUT2D eigenvalue weighted by atomic mass is 10.2. The molecule has 0 saturated carbocycles. The van der Waals surface area contributed by atoms with Crippen LogP contribution in [0.2, 0.25) is 5.02 Å². The molecule has 2 heterocycles. The van der Waals surface area contributed by atoms with Gasteiger partial charge in [0, 0.05) is 24.8 Å². The van der Waals surface area contributed by atoms with E-state index in [1.165, 1.54) is 22.6 Å². The molecule has 2 aromatic rings. The monoisotopic (exact) mass is 348 g/mol. The number of rotatable bonds is 2. The van der Waals surface area contributed by atoms with Gasteiger partial charge >= 0.3 is 0 Å². The molecule has 0 amide bonds. The van der Waals surface area contributed by atoms with Gasteiger partial charge in [-0.1, -0.05) is 11.6 Å². The first kappa shape index (κ1) is 15.6. The molecule has 8 heteroatoms. The molecule has 0 aliphatic carbocycles. The summed E-state index contributed by atoms with van der Waals surface area (Å²) >= 11 is 6.04. The van der Waals surface area contributed by atoms with E-state index < -0.39 is 10.0 Å². The lowest BCUT2D eigenvalue weighted by molar-refractivity contribution is 0.589. The zero-order valence-electron chi connectivity index (χ0n) is 12.3. The number of fused-ring (bicyclic) bond motifs is 1. The van der Waals surface area contributed by atoms with Crippen molar-refractivity contribution in [3.8, 4) is 6.07 Å². The van der Waals surface area contributed by atoms with Gasteiger partial charge in [0.2, 0.25) is 0 Å². The normalized spacial score (nSPS) is 14.3. The summed E-state index contributed by atoms with van der Waals surface area (Å²) in [6.07, 6.45) is 1.20. The van der Waals surface area contributed by atoms with Crippen LogP contribution in [-0.2, 0) is 10.0 Å². The second kappa shape index (κ2) is 5.72. The van der Waals surface area contributed by atoms with Crippen LogP contribution in [0.25, 0.3) is 0 Å². The van der Waals surface area contributed by atoms with Crippen LogP contribution in [0.1, 0.15) is 5.69 Å². The number of hydrogen-bond acceptors (Lipinski definition) is 5. The predicted molar refractivity (Wildman–Crippen MR) is 88.2 cm³/mol. The molecule has 1 aromatic carbocycles. The number of nitrogens with zero attached hydrogens (tertiary/aromatic N) is 4. The lowest BCUT2D eigenvalue weighted by Gasteiger charge is -2.36. The van der Waals surface area contributed by atoms with E-state index in [2.05, 4.69) is 4.98 Å². The quantitative estimate of drug-likeness (QED) is 0.831. The maximum Gasteiger partial charge on any atom is 0.265 e. The third-order valence-electron chi connectivity index (χ3n) is 3.69. The van der Waals surface area contributed by atoms with Crippen LogP contribution >= 0.6 is 11.6 Å². The Morgan fingerprint density at radius 2 is 2.00 bits per heavy atom. The third-order valence-corrected chi connectivity index (χ3v) is 5.73. The van der Waals surface area contributed by atoms with Crippen LogP contribution in [0.4, 0.5) is 11.4 Å². The summed E-state index contributed by atoms with van der Waals surface area (Å²) in [5, 5.41) is 9.25. The zero-order valence-corrected chi connectivity index (χ0v) is 13.8. The van der Waals surface area contributed by atoms with E-state index in [1.807, 2.05) is 18.0 Å². The minimum atomic E-state index is -3.76. The van der Waals surface area contributed by atoms with E-state index in [4.69, 9.17) is 16.9 Å². The average molecular weight is 349 g/mol. The highest BCUT2D eigenvalue weighted by atomic mass is 35.5. The summed E-state index contributed by atoms with van der Waals surface area (Å²) in [5.74, 6) is 0. The van der Waals surface area contributed by atoms with Crippen LogP contribution in [-0.4, -0.2) is 33.5 Å². The van der Waals surface area contributed by atoms with E-state index in [0.717, 1.165) is 5.69 Å². The number of benzene rings is 1. The topological polar surface area (TPSA) is 77.3 Å². The van der Waals surface area contributed by atoms with Crippen LogP contribution in [0.5, 0.6) is 0 Å². The molecule has 0 atom stereocenters. The van der Waals surface area contributed by atoms with Crippen molar-refractivity contribution in [3.05, 3.63) is 47.2 Å². The van der Waals surface area contributed by atoms with Crippen molar-refractivity contribution >= 4 is 33.0 Å². The molecule has 0 fully saturated rings. The van der Waals surface area contributed by atoms with Crippen molar-refractivity contribution in [2.75, 3.05) is 29.3 Å². The van der Waals surface area contributed by atoms with Crippen molar-refractivity contribution in [1.82, 2.24) is 4.98 Å². The molecular weight excluding hydrogens is 336 g/mol. The lowest BCUT2D eigenvalue weighted by Crippen LogP contribution is -2.42. The zero-order chi connectivity index (χ0) is 16.6. The maximum atomic E-state index is 12.9. The summed E-state index contributed by atoms with van der Waals surface area (Å²) in [5.41, 5.74) is 1.51. The number of likely N-dealkylation sites (N-methyl/N-ethyl adjacent to an activating group) is 1. The first-order chi connectivity index (χ1) is 10.9. The van der Waals surface area contributed by atoms with Gasteiger partial charge in [-0.05, 0) is 30.3 Å². The fraction of sp³-hybridized carbons (Fsp3) is 0.200. The van der Waals surface area contributed by atoms with Gasteiger partial charge in [-0.3, -0.25) is 4.31 Å². The molecule has 1 aromatic heterocycles. The first-order valence-electron chi connectivity index (χ1n) is 6.83. The Labute approximate surface area is 139 Å². The van der Waals surface area contributed by atoms with Crippen molar-refractivity contribution in [2.24, 2.45) is 0 Å². The fourth-order valence-electron chi connectivity index (χ4n) is 2.48. The first-order valence-corrected chi connectivity index (χ1v) is 8.65. The summed E-state index contributed by atoms with van der Waals surface area (Å²) in [7, 11) is -1.86. The van der Waals surface area contributed by atoms with Crippen LogP contribution in [0, 0.1) is 11.3 Å². The Kier molecular flexibility index (Phi) is 3.88. The number of hydrogen-bond donors (Lipinski definition) is 0. The van der Waals surface area contributed by atoms with Gasteiger partial charge in [-0.2, -0.15) is 5.26 Å². The minimum absolute atomic E-state index is 0.0481. The number of aromatic nitrogens is 1. The van der Waals surface area contributed by atoms with Gasteiger partial charge in [0.1, 0.15) is 16.7 Å². The minimum Gasteiger partial charge on any atom is -0.371 e. The number of sulfonamides is 1. The molecule has 0 N–H and O–H groups in total. The molecule has 0 saturated heterocycles. The Balaban J connectivity index is 2.09. The molecule has 6 nitrogen and oxygen atoms in total. The molecular formula is C15H13ClN4O2S. The third kappa shape index (κ3) is 2.71. The van der Waals surface area contributed by atoms with Crippen LogP contribution < -0.4 is 9.21 Å². The van der Waals surface area contributed by atoms with Gasteiger partial charge in [0.15, 0.2) is 0 Å². The van der Waals surface area contributed by atoms with Crippen molar-refractivity contribution < 1.29 is 8.42 Å². The molecule has 23 heavy (non-hydrogen) atoms. The highest BCUT2D eigenvalue weighted by molar-refractivity contribution is 7.92. The summed E-state index contributed by atoms with van der Waals surface area (Å²) in [4.78, 5) is 5.87.